The van der Waals surface area contributed by atoms with Gasteiger partial charge in [-0.05, 0) is 19.3 Å². The Morgan fingerprint density at radius 2 is 1.83 bits per heavy atom. The standard InChI is InChI=1S/C24H27N9O11P2S/c1-9-30-20-12(21(35)31-9)29-8-33(20)22-15-17-24(42-22,4-39-15)5-41-46(38,47)44-16-14(34)13(10-2-23(10,16)3-40-45(36,37)43-17)32-7-28-11-18(25)26-6-27-19(11)32/h6-8,10,13-17,22,34H,2-5H2,1H3,(H,36,37)(H,38,47)(H2,25,26,27)(H,30,31,35)/t10-,13-,14+,15-,16+,17+,22-,23+,24-,46+/m1/s1. The van der Waals surface area contributed by atoms with Gasteiger partial charge in [0.25, 0.3) is 5.56 Å². The molecule has 0 radical (unpaired) electrons. The third-order valence-corrected chi connectivity index (χ3v) is 12.3. The Labute approximate surface area is 268 Å². The number of aliphatic hydroxyl groups excluding tert-OH is 1. The van der Waals surface area contributed by atoms with Crippen LogP contribution in [0.2, 0.25) is 0 Å². The van der Waals surface area contributed by atoms with Gasteiger partial charge in [0.1, 0.15) is 47.7 Å². The van der Waals surface area contributed by atoms with E-state index in [0.29, 0.717) is 23.4 Å². The highest BCUT2D eigenvalue weighted by molar-refractivity contribution is 8.44. The van der Waals surface area contributed by atoms with Gasteiger partial charge in [0.05, 0.1) is 38.5 Å². The first-order valence-corrected chi connectivity index (χ1v) is 18.7. The summed E-state index contributed by atoms with van der Waals surface area (Å²) in [5.74, 6) is 0.0924. The highest BCUT2D eigenvalue weighted by Gasteiger charge is 2.74. The predicted molar refractivity (Wildman–Crippen MR) is 159 cm³/mol. The Morgan fingerprint density at radius 3 is 2.66 bits per heavy atom. The van der Waals surface area contributed by atoms with E-state index < -0.39 is 81.1 Å². The number of thiol groups is 1. The maximum atomic E-state index is 13.8. The fourth-order valence-electron chi connectivity index (χ4n) is 7.60. The highest BCUT2D eigenvalue weighted by Crippen LogP contribution is 2.73. The zero-order valence-electron chi connectivity index (χ0n) is 24.2. The number of fused-ring (bicyclic) bond motifs is 2. The van der Waals surface area contributed by atoms with Crippen LogP contribution in [0.4, 0.5) is 5.82 Å². The Kier molecular flexibility index (Phi) is 6.36. The average Bonchev–Trinajstić information content (AvgIpc) is 3.43. The second-order valence-corrected chi connectivity index (χ2v) is 16.8. The number of phosphoric ester groups is 1. The molecule has 5 N–H and O–H groups in total. The van der Waals surface area contributed by atoms with E-state index in [2.05, 4.69) is 42.2 Å². The first-order chi connectivity index (χ1) is 22.3. The molecule has 2 bridgehead atoms. The molecule has 1 unspecified atom stereocenters. The fraction of sp³-hybridized carbons (Fsp3) is 0.583. The maximum absolute atomic E-state index is 13.8. The van der Waals surface area contributed by atoms with Crippen molar-refractivity contribution in [3.05, 3.63) is 35.2 Å². The minimum Gasteiger partial charge on any atom is -0.388 e. The van der Waals surface area contributed by atoms with Crippen LogP contribution in [0.5, 0.6) is 0 Å². The number of nitrogen functional groups attached to an aromatic ring is 1. The quantitative estimate of drug-likeness (QED) is 0.139. The highest BCUT2D eigenvalue weighted by atomic mass is 32.7. The van der Waals surface area contributed by atoms with Crippen LogP contribution in [0.1, 0.15) is 24.5 Å². The van der Waals surface area contributed by atoms with Crippen LogP contribution in [0.25, 0.3) is 22.3 Å². The van der Waals surface area contributed by atoms with Crippen molar-refractivity contribution in [1.82, 2.24) is 39.0 Å². The Hall–Kier alpha value is -2.81. The van der Waals surface area contributed by atoms with E-state index in [-0.39, 0.29) is 29.5 Å². The molecule has 4 aromatic heterocycles. The number of hydrogen-bond acceptors (Lipinski definition) is 16. The summed E-state index contributed by atoms with van der Waals surface area (Å²) in [5, 5.41) is 11.6. The van der Waals surface area contributed by atoms with Crippen LogP contribution < -0.4 is 11.3 Å². The number of hydrogen-bond donors (Lipinski definition) is 5. The van der Waals surface area contributed by atoms with Gasteiger partial charge in [0.15, 0.2) is 28.9 Å². The number of aromatic nitrogens is 8. The van der Waals surface area contributed by atoms with E-state index in [1.807, 2.05) is 0 Å². The summed E-state index contributed by atoms with van der Waals surface area (Å²) < 4.78 is 65.8. The van der Waals surface area contributed by atoms with Crippen molar-refractivity contribution in [3.8, 4) is 0 Å². The summed E-state index contributed by atoms with van der Waals surface area (Å²) in [6.45, 7) is -3.78. The molecule has 2 saturated carbocycles. The summed E-state index contributed by atoms with van der Waals surface area (Å²) in [6, 6.07) is -0.707. The number of aromatic amines is 1. The monoisotopic (exact) mass is 711 g/mol. The third-order valence-electron chi connectivity index (χ3n) is 9.79. The molecule has 5 fully saturated rings. The lowest BCUT2D eigenvalue weighted by atomic mass is 10.0. The van der Waals surface area contributed by atoms with Crippen LogP contribution in [0.15, 0.2) is 23.8 Å². The summed E-state index contributed by atoms with van der Waals surface area (Å²) in [5.41, 5.74) is 3.74. The number of phosphoric acid groups is 1. The van der Waals surface area contributed by atoms with E-state index in [9.17, 15) is 23.9 Å². The summed E-state index contributed by atoms with van der Waals surface area (Å²) in [4.78, 5) is 47.1. The van der Waals surface area contributed by atoms with Crippen LogP contribution in [0.3, 0.4) is 0 Å². The summed E-state index contributed by atoms with van der Waals surface area (Å²) in [7, 11) is -4.85. The number of imidazole rings is 2. The lowest BCUT2D eigenvalue weighted by Crippen LogP contribution is -2.46. The number of nitrogens with one attached hydrogen (secondary N) is 1. The molecular formula is C24H27N9O11P2S. The van der Waals surface area contributed by atoms with E-state index in [1.54, 1.807) is 11.5 Å². The number of ether oxygens (including phenoxy) is 2. The molecule has 9 rings (SSSR count). The number of rotatable bonds is 2. The van der Waals surface area contributed by atoms with Crippen molar-refractivity contribution in [2.75, 3.05) is 25.6 Å². The molecule has 1 spiro atoms. The number of anilines is 1. The Bertz CT molecular complexity index is 2130. The number of H-pyrrole nitrogens is 1. The lowest BCUT2D eigenvalue weighted by molar-refractivity contribution is -0.183. The van der Waals surface area contributed by atoms with Gasteiger partial charge in [-0.25, -0.2) is 34.0 Å². The zero-order valence-corrected chi connectivity index (χ0v) is 26.9. The Morgan fingerprint density at radius 1 is 1.04 bits per heavy atom. The van der Waals surface area contributed by atoms with Gasteiger partial charge < -0.3 is 34.8 Å². The van der Waals surface area contributed by atoms with Crippen LogP contribution in [0, 0.1) is 18.3 Å². The van der Waals surface area contributed by atoms with E-state index in [0.717, 1.165) is 0 Å². The number of aryl methyl sites for hydroxylation is 1. The average molecular weight is 712 g/mol. The molecule has 23 heteroatoms. The molecule has 250 valence electrons. The van der Waals surface area contributed by atoms with Crippen molar-refractivity contribution < 1.29 is 46.7 Å². The van der Waals surface area contributed by atoms with Gasteiger partial charge in [0.2, 0.25) is 0 Å². The molecule has 47 heavy (non-hydrogen) atoms. The molecule has 5 aliphatic rings. The van der Waals surface area contributed by atoms with Gasteiger partial charge in [-0.3, -0.25) is 27.5 Å². The number of nitrogens with zero attached hydrogens (tertiary/aromatic N) is 7. The predicted octanol–water partition coefficient (Wildman–Crippen LogP) is 0.394. The molecule has 3 saturated heterocycles. The zero-order chi connectivity index (χ0) is 32.7. The summed E-state index contributed by atoms with van der Waals surface area (Å²) in [6.07, 6.45) is -1.45. The van der Waals surface area contributed by atoms with Gasteiger partial charge in [0, 0.05) is 5.41 Å². The van der Waals surface area contributed by atoms with Gasteiger partial charge >= 0.3 is 14.6 Å². The van der Waals surface area contributed by atoms with Crippen LogP contribution in [-0.2, 0) is 36.7 Å². The first kappa shape index (κ1) is 30.3. The van der Waals surface area contributed by atoms with Crippen molar-refractivity contribution in [3.63, 3.8) is 0 Å². The number of nitrogens with two attached hydrogens (primary N) is 1. The fourth-order valence-corrected chi connectivity index (χ4v) is 10.2. The SMILES string of the molecule is Cc1nc2c(ncn2[C@@H]2O[C@@]34CO[C@@H]2[C@@H]3OP(=O)(O)OC[C@@]23C[C@@H]2[C@@H](n2cnc5c(N)ncnc52)[C@H](O)[C@@H]3O[P@@](=O)(S)OC4)c(=O)[nH]1. The minimum atomic E-state index is -4.85. The second kappa shape index (κ2) is 9.88. The van der Waals surface area contributed by atoms with E-state index in [4.69, 9.17) is 33.3 Å². The number of aliphatic hydroxyl groups is 1. The Balaban J connectivity index is 1.05. The molecule has 4 aromatic rings. The first-order valence-electron chi connectivity index (χ1n) is 14.5. The van der Waals surface area contributed by atoms with E-state index in [1.165, 1.54) is 23.5 Å². The normalized spacial score (nSPS) is 42.9. The van der Waals surface area contributed by atoms with Gasteiger partial charge in [-0.1, -0.05) is 12.2 Å². The molecule has 0 amide bonds. The summed E-state index contributed by atoms with van der Waals surface area (Å²) >= 11 is 4.24. The van der Waals surface area contributed by atoms with E-state index >= 15 is 0 Å². The lowest BCUT2D eigenvalue weighted by Gasteiger charge is -2.35. The molecule has 7 heterocycles. The van der Waals surface area contributed by atoms with Crippen molar-refractivity contribution in [2.24, 2.45) is 11.3 Å². The van der Waals surface area contributed by atoms with Crippen LogP contribution in [-0.4, -0.2) is 98.9 Å². The van der Waals surface area contributed by atoms with Gasteiger partial charge in [-0.2, -0.15) is 0 Å². The smallest absolute Gasteiger partial charge is 0.388 e. The second-order valence-electron chi connectivity index (χ2n) is 12.5. The molecular weight excluding hydrogens is 684 g/mol. The van der Waals surface area contributed by atoms with Gasteiger partial charge in [-0.15, -0.1) is 0 Å². The maximum Gasteiger partial charge on any atom is 0.472 e. The van der Waals surface area contributed by atoms with Crippen molar-refractivity contribution in [1.29, 1.82) is 0 Å². The van der Waals surface area contributed by atoms with Crippen molar-refractivity contribution in [2.45, 2.75) is 55.6 Å². The molecule has 3 aliphatic heterocycles. The molecule has 2 aliphatic carbocycles. The van der Waals surface area contributed by atoms with Crippen LogP contribution >= 0.6 is 26.9 Å². The largest absolute Gasteiger partial charge is 0.472 e. The third kappa shape index (κ3) is 4.39. The molecule has 20 nitrogen and oxygen atoms in total. The molecule has 0 aromatic carbocycles. The topological polar surface area (TPSA) is 263 Å². The minimum absolute atomic E-state index is 0.0429. The molecule has 11 atom stereocenters. The van der Waals surface area contributed by atoms with Crippen molar-refractivity contribution >= 4 is 55.0 Å².